The second-order valence-corrected chi connectivity index (χ2v) is 7.02. The lowest BCUT2D eigenvalue weighted by molar-refractivity contribution is -0.122. The molecule has 0 saturated carbocycles. The molecule has 4 aromatic rings. The van der Waals surface area contributed by atoms with Crippen LogP contribution in [0.4, 0.5) is 0 Å². The molecular formula is C21H21N5O4. The summed E-state index contributed by atoms with van der Waals surface area (Å²) in [6.45, 7) is 4.07. The lowest BCUT2D eigenvalue weighted by atomic mass is 10.2. The third kappa shape index (κ3) is 4.24. The maximum Gasteiger partial charge on any atom is 0.293 e. The molecule has 0 unspecified atom stereocenters. The van der Waals surface area contributed by atoms with Crippen LogP contribution in [0.2, 0.25) is 0 Å². The Morgan fingerprint density at radius 3 is 2.73 bits per heavy atom. The monoisotopic (exact) mass is 407 g/mol. The van der Waals surface area contributed by atoms with Crippen molar-refractivity contribution in [2.45, 2.75) is 33.0 Å². The number of benzene rings is 1. The number of nitrogens with zero attached hydrogens (tertiary/aromatic N) is 4. The molecule has 0 aliphatic rings. The first-order valence-corrected chi connectivity index (χ1v) is 9.51. The van der Waals surface area contributed by atoms with Crippen molar-refractivity contribution in [3.8, 4) is 17.2 Å². The van der Waals surface area contributed by atoms with Gasteiger partial charge in [0.15, 0.2) is 5.76 Å². The van der Waals surface area contributed by atoms with E-state index in [9.17, 15) is 9.59 Å². The number of aromatic nitrogens is 4. The van der Waals surface area contributed by atoms with Crippen LogP contribution in [0.3, 0.4) is 0 Å². The van der Waals surface area contributed by atoms with Gasteiger partial charge >= 0.3 is 0 Å². The maximum atomic E-state index is 12.7. The molecule has 9 nitrogen and oxygen atoms in total. The average molecular weight is 407 g/mol. The molecule has 0 aliphatic heterocycles. The summed E-state index contributed by atoms with van der Waals surface area (Å²) in [6, 6.07) is 12.6. The molecule has 0 saturated heterocycles. The van der Waals surface area contributed by atoms with Crippen LogP contribution in [0.1, 0.15) is 19.4 Å². The van der Waals surface area contributed by atoms with Crippen molar-refractivity contribution in [1.29, 1.82) is 0 Å². The zero-order chi connectivity index (χ0) is 21.1. The third-order valence-corrected chi connectivity index (χ3v) is 4.34. The van der Waals surface area contributed by atoms with Crippen molar-refractivity contribution < 1.29 is 13.9 Å². The van der Waals surface area contributed by atoms with E-state index in [4.69, 9.17) is 9.15 Å². The number of ether oxygens (including phenoxy) is 1. The first-order valence-electron chi connectivity index (χ1n) is 9.51. The third-order valence-electron chi connectivity index (χ3n) is 4.34. The van der Waals surface area contributed by atoms with Gasteiger partial charge in [0.05, 0.1) is 12.4 Å². The predicted octanol–water partition coefficient (Wildman–Crippen LogP) is 2.25. The summed E-state index contributed by atoms with van der Waals surface area (Å²) >= 11 is 0. The Bertz CT molecular complexity index is 1210. The zero-order valence-electron chi connectivity index (χ0n) is 16.6. The molecule has 1 amide bonds. The lowest BCUT2D eigenvalue weighted by Crippen LogP contribution is -2.34. The Hall–Kier alpha value is -3.88. The van der Waals surface area contributed by atoms with Crippen molar-refractivity contribution in [3.05, 3.63) is 71.0 Å². The van der Waals surface area contributed by atoms with E-state index in [1.165, 1.54) is 17.1 Å². The standard InChI is InChI=1S/C21H21N5O4/c1-14(2)30-16-7-5-15(6-8-16)11-22-20(27)12-25-21(28)18-10-17(19-4-3-9-29-19)24-26(18)13-23-25/h3-10,13-14H,11-12H2,1-2H3,(H,22,27). The predicted molar refractivity (Wildman–Crippen MR) is 109 cm³/mol. The number of carbonyl (C=O) groups excluding carboxylic acids is 1. The van der Waals surface area contributed by atoms with Crippen LogP contribution in [0, 0.1) is 0 Å². The van der Waals surface area contributed by atoms with E-state index in [1.54, 1.807) is 18.2 Å². The van der Waals surface area contributed by atoms with Gasteiger partial charge in [0.2, 0.25) is 5.91 Å². The van der Waals surface area contributed by atoms with Crippen LogP contribution in [0.5, 0.6) is 5.75 Å². The molecule has 0 radical (unpaired) electrons. The second kappa shape index (κ2) is 8.24. The summed E-state index contributed by atoms with van der Waals surface area (Å²) in [7, 11) is 0. The van der Waals surface area contributed by atoms with E-state index in [0.29, 0.717) is 23.5 Å². The summed E-state index contributed by atoms with van der Waals surface area (Å²) < 4.78 is 13.4. The van der Waals surface area contributed by atoms with E-state index in [0.717, 1.165) is 16.0 Å². The van der Waals surface area contributed by atoms with Gasteiger partial charge in [0.25, 0.3) is 5.56 Å². The lowest BCUT2D eigenvalue weighted by Gasteiger charge is -2.10. The van der Waals surface area contributed by atoms with Gasteiger partial charge in [-0.1, -0.05) is 12.1 Å². The van der Waals surface area contributed by atoms with Crippen LogP contribution in [-0.4, -0.2) is 31.4 Å². The molecule has 0 aliphatic carbocycles. The second-order valence-electron chi connectivity index (χ2n) is 7.02. The topological polar surface area (TPSA) is 104 Å². The molecular weight excluding hydrogens is 386 g/mol. The van der Waals surface area contributed by atoms with Gasteiger partial charge in [-0.3, -0.25) is 9.59 Å². The molecule has 1 aromatic carbocycles. The number of furan rings is 1. The summed E-state index contributed by atoms with van der Waals surface area (Å²) in [6.07, 6.45) is 3.03. The van der Waals surface area contributed by atoms with E-state index in [2.05, 4.69) is 15.5 Å². The Labute approximate surface area is 171 Å². The molecule has 0 bridgehead atoms. The number of amides is 1. The Morgan fingerprint density at radius 2 is 2.03 bits per heavy atom. The number of hydrogen-bond donors (Lipinski definition) is 1. The van der Waals surface area contributed by atoms with Crippen molar-refractivity contribution in [2.75, 3.05) is 0 Å². The molecule has 9 heteroatoms. The molecule has 0 spiro atoms. The van der Waals surface area contributed by atoms with Gasteiger partial charge in [-0.05, 0) is 43.7 Å². The molecule has 3 heterocycles. The van der Waals surface area contributed by atoms with E-state index >= 15 is 0 Å². The maximum absolute atomic E-state index is 12.7. The normalized spacial score (nSPS) is 11.2. The van der Waals surface area contributed by atoms with Gasteiger partial charge in [-0.15, -0.1) is 0 Å². The fourth-order valence-corrected chi connectivity index (χ4v) is 2.95. The van der Waals surface area contributed by atoms with Gasteiger partial charge in [-0.25, -0.2) is 9.20 Å². The fraction of sp³-hybridized carbons (Fsp3) is 0.238. The van der Waals surface area contributed by atoms with Crippen LogP contribution < -0.4 is 15.6 Å². The smallest absolute Gasteiger partial charge is 0.293 e. The molecule has 154 valence electrons. The first-order chi connectivity index (χ1) is 14.5. The minimum absolute atomic E-state index is 0.102. The van der Waals surface area contributed by atoms with Crippen molar-refractivity contribution in [3.63, 3.8) is 0 Å². The fourth-order valence-electron chi connectivity index (χ4n) is 2.95. The highest BCUT2D eigenvalue weighted by atomic mass is 16.5. The number of rotatable bonds is 7. The largest absolute Gasteiger partial charge is 0.491 e. The van der Waals surface area contributed by atoms with Gasteiger partial charge < -0.3 is 14.5 Å². The molecule has 30 heavy (non-hydrogen) atoms. The van der Waals surface area contributed by atoms with Gasteiger partial charge in [0.1, 0.15) is 29.8 Å². The highest BCUT2D eigenvalue weighted by molar-refractivity contribution is 5.75. The Kier molecular flexibility index (Phi) is 5.34. The molecule has 4 rings (SSSR count). The van der Waals surface area contributed by atoms with Crippen LogP contribution >= 0.6 is 0 Å². The van der Waals surface area contributed by atoms with E-state index in [1.807, 2.05) is 38.1 Å². The molecule has 3 aromatic heterocycles. The highest BCUT2D eigenvalue weighted by Gasteiger charge is 2.13. The average Bonchev–Trinajstić information content (AvgIpc) is 3.39. The molecule has 1 N–H and O–H groups in total. The first kappa shape index (κ1) is 19.4. The summed E-state index contributed by atoms with van der Waals surface area (Å²) in [5.41, 5.74) is 1.35. The SMILES string of the molecule is CC(C)Oc1ccc(CNC(=O)Cn2ncn3nc(-c4ccco4)cc3c2=O)cc1. The number of carbonyl (C=O) groups is 1. The van der Waals surface area contributed by atoms with Crippen LogP contribution in [0.25, 0.3) is 17.0 Å². The van der Waals surface area contributed by atoms with Crippen molar-refractivity contribution >= 4 is 11.4 Å². The number of nitrogens with one attached hydrogen (secondary N) is 1. The Balaban J connectivity index is 1.41. The quantitative estimate of drug-likeness (QED) is 0.504. The summed E-state index contributed by atoms with van der Waals surface area (Å²) in [4.78, 5) is 25.0. The van der Waals surface area contributed by atoms with Crippen molar-refractivity contribution in [2.24, 2.45) is 0 Å². The van der Waals surface area contributed by atoms with E-state index in [-0.39, 0.29) is 18.6 Å². The summed E-state index contributed by atoms with van der Waals surface area (Å²) in [5.74, 6) is 1.01. The number of fused-ring (bicyclic) bond motifs is 1. The van der Waals surface area contributed by atoms with Crippen molar-refractivity contribution in [1.82, 2.24) is 24.7 Å². The molecule has 0 atom stereocenters. The minimum Gasteiger partial charge on any atom is -0.491 e. The number of hydrogen-bond acceptors (Lipinski definition) is 6. The van der Waals surface area contributed by atoms with Gasteiger partial charge in [0, 0.05) is 12.6 Å². The highest BCUT2D eigenvalue weighted by Crippen LogP contribution is 2.18. The van der Waals surface area contributed by atoms with Crippen LogP contribution in [-0.2, 0) is 17.9 Å². The summed E-state index contributed by atoms with van der Waals surface area (Å²) in [5, 5.41) is 11.1. The van der Waals surface area contributed by atoms with Crippen LogP contribution in [0.15, 0.2) is 64.3 Å². The van der Waals surface area contributed by atoms with E-state index < -0.39 is 5.56 Å². The zero-order valence-corrected chi connectivity index (χ0v) is 16.6. The van der Waals surface area contributed by atoms with Gasteiger partial charge in [-0.2, -0.15) is 10.2 Å². The molecule has 0 fully saturated rings. The minimum atomic E-state index is -0.409. The Morgan fingerprint density at radius 1 is 1.23 bits per heavy atom.